The second-order valence-electron chi connectivity index (χ2n) is 7.65. The molecule has 1 aromatic carbocycles. The Labute approximate surface area is 176 Å². The van der Waals surface area contributed by atoms with Gasteiger partial charge in [0.1, 0.15) is 0 Å². The van der Waals surface area contributed by atoms with Crippen molar-refractivity contribution < 1.29 is 47.7 Å². The number of hydrogen-bond acceptors (Lipinski definition) is 0. The standard InChI is InChI=1S/C12H17.C10H9.2ClH.Hf/c1-9(2)11-8-7-10-5-3-4-6-12(10)11;1-8-6-7-9-4-2-3-5-10(8)9;;;/h7,9,11H,3-6H2,1-2H3;2-5,7-8H,1H3;2*1H;/q;;;;+2/p-2. The zero-order valence-electron chi connectivity index (χ0n) is 15.3. The molecule has 0 spiro atoms. The predicted molar refractivity (Wildman–Crippen MR) is 94.7 cm³/mol. The molecule has 0 heterocycles. The van der Waals surface area contributed by atoms with Crippen molar-refractivity contribution in [3.8, 4) is 0 Å². The van der Waals surface area contributed by atoms with Gasteiger partial charge in [0, 0.05) is 0 Å². The second-order valence-corrected chi connectivity index (χ2v) is 12.7. The average molecular weight is 540 g/mol. The van der Waals surface area contributed by atoms with Crippen LogP contribution in [0.1, 0.15) is 63.5 Å². The number of benzene rings is 1. The van der Waals surface area contributed by atoms with Crippen LogP contribution < -0.4 is 24.8 Å². The topological polar surface area (TPSA) is 0 Å². The Morgan fingerprint density at radius 3 is 2.40 bits per heavy atom. The Hall–Kier alpha value is -0.110. The van der Waals surface area contributed by atoms with Crippen LogP contribution in [-0.2, 0) is 22.9 Å². The van der Waals surface area contributed by atoms with Crippen molar-refractivity contribution in [2.24, 2.45) is 11.8 Å². The molecule has 0 aromatic heterocycles. The van der Waals surface area contributed by atoms with Gasteiger partial charge in [-0.25, -0.2) is 0 Å². The van der Waals surface area contributed by atoms with Crippen LogP contribution >= 0.6 is 0 Å². The van der Waals surface area contributed by atoms with Gasteiger partial charge in [-0.1, -0.05) is 0 Å². The first kappa shape index (κ1) is 21.2. The van der Waals surface area contributed by atoms with E-state index >= 15 is 0 Å². The van der Waals surface area contributed by atoms with Gasteiger partial charge in [0.2, 0.25) is 0 Å². The zero-order chi connectivity index (χ0) is 16.0. The third-order valence-electron chi connectivity index (χ3n) is 5.79. The van der Waals surface area contributed by atoms with Crippen molar-refractivity contribution in [3.63, 3.8) is 0 Å². The molecule has 0 radical (unpaired) electrons. The van der Waals surface area contributed by atoms with E-state index in [-0.39, 0.29) is 24.8 Å². The molecule has 132 valence electrons. The van der Waals surface area contributed by atoms with Gasteiger partial charge in [0.15, 0.2) is 0 Å². The Morgan fingerprint density at radius 1 is 0.960 bits per heavy atom. The predicted octanol–water partition coefficient (Wildman–Crippen LogP) is 0.275. The minimum absolute atomic E-state index is 0. The van der Waals surface area contributed by atoms with Crippen LogP contribution in [0.2, 0.25) is 0 Å². The van der Waals surface area contributed by atoms with Gasteiger partial charge in [-0.3, -0.25) is 0 Å². The molecule has 0 saturated heterocycles. The molecule has 0 aliphatic heterocycles. The van der Waals surface area contributed by atoms with Crippen molar-refractivity contribution in [3.05, 3.63) is 59.3 Å². The average Bonchev–Trinajstić information content (AvgIpc) is 3.06. The molecule has 0 N–H and O–H groups in total. The van der Waals surface area contributed by atoms with Crippen molar-refractivity contribution in [2.45, 2.75) is 52.4 Å². The monoisotopic (exact) mass is 540 g/mol. The summed E-state index contributed by atoms with van der Waals surface area (Å²) in [5.74, 6) is 2.24. The van der Waals surface area contributed by atoms with Gasteiger partial charge in [-0.15, -0.1) is 0 Å². The summed E-state index contributed by atoms with van der Waals surface area (Å²) in [6.07, 6.45) is 10.8. The number of rotatable bonds is 3. The smallest absolute Gasteiger partial charge is 1.00 e. The Balaban J connectivity index is 0.00000113. The van der Waals surface area contributed by atoms with E-state index < -0.39 is 22.9 Å². The van der Waals surface area contributed by atoms with Crippen molar-refractivity contribution in [1.82, 2.24) is 0 Å². The molecule has 3 aliphatic carbocycles. The summed E-state index contributed by atoms with van der Waals surface area (Å²) in [4.78, 5) is 0. The molecule has 0 bridgehead atoms. The Bertz CT molecular complexity index is 727. The summed E-state index contributed by atoms with van der Waals surface area (Å²) in [7, 11) is 0. The van der Waals surface area contributed by atoms with E-state index in [4.69, 9.17) is 0 Å². The molecule has 0 nitrogen and oxygen atoms in total. The third-order valence-corrected chi connectivity index (χ3v) is 11.6. The van der Waals surface area contributed by atoms with Crippen LogP contribution in [0, 0.1) is 11.8 Å². The molecule has 3 heteroatoms. The number of allylic oxidation sites excluding steroid dienone is 5. The van der Waals surface area contributed by atoms with Crippen molar-refractivity contribution in [1.29, 1.82) is 0 Å². The first-order chi connectivity index (χ1) is 11.1. The molecule has 4 rings (SSSR count). The minimum atomic E-state index is -0.905. The van der Waals surface area contributed by atoms with E-state index in [1.165, 1.54) is 31.2 Å². The van der Waals surface area contributed by atoms with Gasteiger partial charge < -0.3 is 24.8 Å². The van der Waals surface area contributed by atoms with Crippen LogP contribution in [0.4, 0.5) is 0 Å². The zero-order valence-corrected chi connectivity index (χ0v) is 20.4. The fraction of sp³-hybridized carbons (Fsp3) is 0.455. The molecule has 0 amide bonds. The third kappa shape index (κ3) is 3.94. The van der Waals surface area contributed by atoms with Crippen LogP contribution in [0.5, 0.6) is 0 Å². The maximum absolute atomic E-state index is 2.67. The summed E-state index contributed by atoms with van der Waals surface area (Å²) in [6, 6.07) is 9.02. The maximum Gasteiger partial charge on any atom is -1.00 e. The van der Waals surface area contributed by atoms with E-state index in [1.54, 1.807) is 11.1 Å². The number of fused-ring (bicyclic) bond motifs is 1. The fourth-order valence-corrected chi connectivity index (χ4v) is 11.2. The molecule has 2 unspecified atom stereocenters. The molecule has 25 heavy (non-hydrogen) atoms. The van der Waals surface area contributed by atoms with E-state index in [2.05, 4.69) is 57.2 Å². The first-order valence-electron chi connectivity index (χ1n) is 9.16. The van der Waals surface area contributed by atoms with Gasteiger partial charge >= 0.3 is 152 Å². The van der Waals surface area contributed by atoms with E-state index in [9.17, 15) is 0 Å². The summed E-state index contributed by atoms with van der Waals surface area (Å²) >= 11 is -0.905. The van der Waals surface area contributed by atoms with Gasteiger partial charge in [0.05, 0.1) is 0 Å². The summed E-state index contributed by atoms with van der Waals surface area (Å²) < 4.78 is 3.70. The molecule has 3 aliphatic rings. The number of hydrogen-bond donors (Lipinski definition) is 0. The van der Waals surface area contributed by atoms with E-state index in [0.29, 0.717) is 5.92 Å². The van der Waals surface area contributed by atoms with Crippen LogP contribution in [-0.4, -0.2) is 0 Å². The van der Waals surface area contributed by atoms with Crippen molar-refractivity contribution >= 4 is 6.08 Å². The first-order valence-corrected chi connectivity index (χ1v) is 12.8. The molecule has 0 fully saturated rings. The minimum Gasteiger partial charge on any atom is -1.00 e. The maximum atomic E-state index is 2.67. The van der Waals surface area contributed by atoms with Crippen molar-refractivity contribution in [2.75, 3.05) is 0 Å². The molecule has 1 aromatic rings. The van der Waals surface area contributed by atoms with Gasteiger partial charge in [-0.05, 0) is 0 Å². The largest absolute Gasteiger partial charge is 1.00 e. The second kappa shape index (κ2) is 8.72. The quantitative estimate of drug-likeness (QED) is 0.484. The summed E-state index contributed by atoms with van der Waals surface area (Å²) in [6.45, 7) is 7.30. The van der Waals surface area contributed by atoms with Crippen LogP contribution in [0.15, 0.2) is 48.1 Å². The molecule has 2 atom stereocenters. The molecular formula is C22H26Cl2Hf. The van der Waals surface area contributed by atoms with Gasteiger partial charge in [0.25, 0.3) is 0 Å². The molecule has 0 saturated carbocycles. The molecular weight excluding hydrogens is 514 g/mol. The summed E-state index contributed by atoms with van der Waals surface area (Å²) in [5, 5.41) is 0. The normalized spacial score (nSPS) is 23.8. The number of halogens is 2. The van der Waals surface area contributed by atoms with Crippen LogP contribution in [0.3, 0.4) is 0 Å². The summed E-state index contributed by atoms with van der Waals surface area (Å²) in [5.41, 5.74) is 6.62. The Morgan fingerprint density at radius 2 is 1.68 bits per heavy atom. The van der Waals surface area contributed by atoms with E-state index in [1.807, 2.05) is 12.2 Å². The van der Waals surface area contributed by atoms with E-state index in [0.717, 1.165) is 11.8 Å². The SMILES string of the molecule is CC1[C]([Hf+2][C]2=CC3=C(CCCC3)C2C(C)C)=Cc2ccccc21.[Cl-].[Cl-]. The Kier molecular flexibility index (Phi) is 7.39. The van der Waals surface area contributed by atoms with Crippen LogP contribution in [0.25, 0.3) is 6.08 Å². The fourth-order valence-electron chi connectivity index (χ4n) is 4.62. The van der Waals surface area contributed by atoms with Gasteiger partial charge in [-0.2, -0.15) is 0 Å².